The van der Waals surface area contributed by atoms with Crippen LogP contribution in [0.3, 0.4) is 0 Å². The normalized spacial score (nSPS) is 10.9. The van der Waals surface area contributed by atoms with E-state index in [9.17, 15) is 4.79 Å². The molecule has 0 amide bonds. The Balaban J connectivity index is 4.13. The Hall–Kier alpha value is -0.331. The molecule has 0 rings (SSSR count). The molecule has 0 aromatic rings. The minimum absolute atomic E-state index is 0.0405. The standard InChI is InChI=1S/C6H7OSe/c1-3-6(4-8)5(2)7/h3-4H,1H2,2H3/b6-4+. The zero-order chi connectivity index (χ0) is 6.57. The summed E-state index contributed by atoms with van der Waals surface area (Å²) >= 11 is 2.62. The van der Waals surface area contributed by atoms with Crippen LogP contribution in [0.15, 0.2) is 23.2 Å². The molecule has 1 radical (unpaired) electrons. The van der Waals surface area contributed by atoms with Crippen LogP contribution in [0.1, 0.15) is 6.92 Å². The molecule has 0 atom stereocenters. The van der Waals surface area contributed by atoms with Gasteiger partial charge in [0.05, 0.1) is 0 Å². The number of rotatable bonds is 2. The van der Waals surface area contributed by atoms with Crippen LogP contribution in [0, 0.1) is 0 Å². The molecule has 0 saturated heterocycles. The van der Waals surface area contributed by atoms with Crippen LogP contribution in [-0.4, -0.2) is 21.8 Å². The minimum atomic E-state index is 0.0405. The van der Waals surface area contributed by atoms with Gasteiger partial charge in [0, 0.05) is 0 Å². The van der Waals surface area contributed by atoms with Crippen LogP contribution >= 0.6 is 0 Å². The van der Waals surface area contributed by atoms with Crippen molar-refractivity contribution in [3.8, 4) is 0 Å². The first-order chi connectivity index (χ1) is 3.72. The zero-order valence-electron chi connectivity index (χ0n) is 4.68. The summed E-state index contributed by atoms with van der Waals surface area (Å²) in [6, 6.07) is 0. The maximum atomic E-state index is 10.4. The fourth-order valence-corrected chi connectivity index (χ4v) is 0.825. The van der Waals surface area contributed by atoms with Gasteiger partial charge in [-0.1, -0.05) is 0 Å². The van der Waals surface area contributed by atoms with Crippen LogP contribution in [0.4, 0.5) is 0 Å². The SMILES string of the molecule is C=C/C(=C\[Se])C(C)=O. The molecule has 1 nitrogen and oxygen atoms in total. The van der Waals surface area contributed by atoms with Gasteiger partial charge in [-0.05, 0) is 0 Å². The van der Waals surface area contributed by atoms with Crippen LogP contribution < -0.4 is 0 Å². The van der Waals surface area contributed by atoms with Crippen LogP contribution in [0.5, 0.6) is 0 Å². The first kappa shape index (κ1) is 7.67. The zero-order valence-corrected chi connectivity index (χ0v) is 6.39. The van der Waals surface area contributed by atoms with Crippen LogP contribution in [0.25, 0.3) is 0 Å². The molecule has 0 unspecified atom stereocenters. The third-order valence-corrected chi connectivity index (χ3v) is 1.29. The van der Waals surface area contributed by atoms with Crippen molar-refractivity contribution in [2.45, 2.75) is 6.92 Å². The first-order valence-corrected chi connectivity index (χ1v) is 3.16. The maximum absolute atomic E-state index is 10.4. The number of carbonyl (C=O) groups is 1. The number of ketones is 1. The molecule has 0 aromatic heterocycles. The summed E-state index contributed by atoms with van der Waals surface area (Å²) in [5.41, 5.74) is 0.630. The summed E-state index contributed by atoms with van der Waals surface area (Å²) in [5.74, 6) is 0.0405. The molecule has 0 aromatic carbocycles. The van der Waals surface area contributed by atoms with E-state index in [0.717, 1.165) is 0 Å². The van der Waals surface area contributed by atoms with E-state index >= 15 is 0 Å². The topological polar surface area (TPSA) is 17.1 Å². The molecular formula is C6H7OSe. The number of hydrogen-bond acceptors (Lipinski definition) is 1. The second-order valence-corrected chi connectivity index (χ2v) is 1.83. The van der Waals surface area contributed by atoms with Crippen molar-refractivity contribution in [1.29, 1.82) is 0 Å². The summed E-state index contributed by atoms with van der Waals surface area (Å²) < 4.78 is 0. The molecule has 0 aliphatic rings. The van der Waals surface area contributed by atoms with Gasteiger partial charge in [-0.2, -0.15) is 0 Å². The summed E-state index contributed by atoms with van der Waals surface area (Å²) in [7, 11) is 0. The molecule has 0 heterocycles. The Bertz CT molecular complexity index is 135. The third-order valence-electron chi connectivity index (χ3n) is 0.753. The number of Topliss-reactive ketones (excluding diaryl/α,β-unsaturated/α-hetero) is 1. The Morgan fingerprint density at radius 1 is 1.75 bits per heavy atom. The fraction of sp³-hybridized carbons (Fsp3) is 0.167. The van der Waals surface area contributed by atoms with E-state index < -0.39 is 0 Å². The van der Waals surface area contributed by atoms with Gasteiger partial charge in [-0.15, -0.1) is 0 Å². The van der Waals surface area contributed by atoms with E-state index in [2.05, 4.69) is 22.6 Å². The van der Waals surface area contributed by atoms with Crippen LogP contribution in [0.2, 0.25) is 0 Å². The van der Waals surface area contributed by atoms with Crippen molar-refractivity contribution in [3.05, 3.63) is 23.2 Å². The van der Waals surface area contributed by atoms with Crippen molar-refractivity contribution >= 4 is 21.8 Å². The van der Waals surface area contributed by atoms with Gasteiger partial charge in [0.15, 0.2) is 0 Å². The van der Waals surface area contributed by atoms with E-state index in [1.54, 1.807) is 4.97 Å². The van der Waals surface area contributed by atoms with Gasteiger partial charge >= 0.3 is 56.7 Å². The van der Waals surface area contributed by atoms with Gasteiger partial charge in [0.1, 0.15) is 0 Å². The quantitative estimate of drug-likeness (QED) is 0.344. The number of hydrogen-bond donors (Lipinski definition) is 0. The van der Waals surface area contributed by atoms with Gasteiger partial charge in [0.25, 0.3) is 0 Å². The van der Waals surface area contributed by atoms with Gasteiger partial charge in [0.2, 0.25) is 0 Å². The molecule has 43 valence electrons. The van der Waals surface area contributed by atoms with Crippen molar-refractivity contribution in [3.63, 3.8) is 0 Å². The monoisotopic (exact) mass is 175 g/mol. The van der Waals surface area contributed by atoms with Gasteiger partial charge in [-0.3, -0.25) is 0 Å². The Morgan fingerprint density at radius 2 is 2.25 bits per heavy atom. The average Bonchev–Trinajstić information content (AvgIpc) is 1.69. The van der Waals surface area contributed by atoms with E-state index in [1.807, 2.05) is 0 Å². The predicted molar refractivity (Wildman–Crippen MR) is 34.7 cm³/mol. The van der Waals surface area contributed by atoms with Crippen molar-refractivity contribution in [1.82, 2.24) is 0 Å². The molecule has 0 spiro atoms. The number of carbonyl (C=O) groups excluding carboxylic acids is 1. The molecule has 8 heavy (non-hydrogen) atoms. The summed E-state index contributed by atoms with van der Waals surface area (Å²) in [5, 5.41) is 0. The average molecular weight is 174 g/mol. The first-order valence-electron chi connectivity index (χ1n) is 2.18. The molecule has 0 saturated carbocycles. The van der Waals surface area contributed by atoms with E-state index in [0.29, 0.717) is 5.57 Å². The predicted octanol–water partition coefficient (Wildman–Crippen LogP) is 0.814. The summed E-state index contributed by atoms with van der Waals surface area (Å²) in [4.78, 5) is 12.1. The Labute approximate surface area is 57.3 Å². The second-order valence-electron chi connectivity index (χ2n) is 1.33. The van der Waals surface area contributed by atoms with Crippen molar-refractivity contribution in [2.24, 2.45) is 0 Å². The molecule has 0 fully saturated rings. The molecule has 0 aliphatic heterocycles. The summed E-state index contributed by atoms with van der Waals surface area (Å²) in [6.07, 6.45) is 1.53. The van der Waals surface area contributed by atoms with E-state index in [1.165, 1.54) is 13.0 Å². The van der Waals surface area contributed by atoms with Gasteiger partial charge in [-0.25, -0.2) is 0 Å². The van der Waals surface area contributed by atoms with Crippen molar-refractivity contribution in [2.75, 3.05) is 0 Å². The van der Waals surface area contributed by atoms with E-state index in [-0.39, 0.29) is 5.78 Å². The Kier molecular flexibility index (Phi) is 3.49. The molecular weight excluding hydrogens is 167 g/mol. The third kappa shape index (κ3) is 2.10. The molecule has 0 N–H and O–H groups in total. The number of allylic oxidation sites excluding steroid dienone is 2. The molecule has 0 bridgehead atoms. The molecule has 2 heteroatoms. The Morgan fingerprint density at radius 3 is 2.25 bits per heavy atom. The molecule has 0 aliphatic carbocycles. The fourth-order valence-electron chi connectivity index (χ4n) is 0.275. The van der Waals surface area contributed by atoms with Gasteiger partial charge < -0.3 is 0 Å². The van der Waals surface area contributed by atoms with Crippen molar-refractivity contribution < 1.29 is 4.79 Å². The van der Waals surface area contributed by atoms with Crippen LogP contribution in [-0.2, 0) is 4.79 Å². The second kappa shape index (κ2) is 3.64. The van der Waals surface area contributed by atoms with E-state index in [4.69, 9.17) is 0 Å². The summed E-state index contributed by atoms with van der Waals surface area (Å²) in [6.45, 7) is 4.95.